The molecule has 1 aromatic carbocycles. The predicted octanol–water partition coefficient (Wildman–Crippen LogP) is 4.88. The normalized spacial score (nSPS) is 11.9. The van der Waals surface area contributed by atoms with Crippen LogP contribution in [0.2, 0.25) is 5.02 Å². The zero-order chi connectivity index (χ0) is 14.9. The summed E-state index contributed by atoms with van der Waals surface area (Å²) in [5, 5.41) is 2.93. The Morgan fingerprint density at radius 2 is 2.00 bits per heavy atom. The number of alkyl halides is 3. The number of halogens is 4. The van der Waals surface area contributed by atoms with Gasteiger partial charge in [0.2, 0.25) is 5.95 Å². The molecule has 0 saturated carbocycles. The summed E-state index contributed by atoms with van der Waals surface area (Å²) < 4.78 is 39.5. The summed E-state index contributed by atoms with van der Waals surface area (Å²) in [6, 6.07) is 3.35. The molecule has 3 nitrogen and oxygen atoms in total. The minimum absolute atomic E-state index is 0.00173. The van der Waals surface area contributed by atoms with Crippen LogP contribution in [0.5, 0.6) is 0 Å². The topological polar surface area (TPSA) is 29.9 Å². The third-order valence-electron chi connectivity index (χ3n) is 2.77. The predicted molar refractivity (Wildman–Crippen MR) is 72.3 cm³/mol. The largest absolute Gasteiger partial charge is 0.416 e. The highest BCUT2D eigenvalue weighted by atomic mass is 35.5. The highest BCUT2D eigenvalue weighted by Crippen LogP contribution is 2.34. The molecular formula is C13H13ClF3N3. The molecule has 0 amide bonds. The number of imidazole rings is 1. The van der Waals surface area contributed by atoms with Crippen molar-refractivity contribution < 1.29 is 13.2 Å². The van der Waals surface area contributed by atoms with Crippen LogP contribution in [0.3, 0.4) is 0 Å². The number of nitrogens with zero attached hydrogens (tertiary/aromatic N) is 2. The monoisotopic (exact) mass is 303 g/mol. The molecule has 0 aliphatic rings. The molecule has 0 fully saturated rings. The molecule has 1 aromatic heterocycles. The van der Waals surface area contributed by atoms with Crippen molar-refractivity contribution in [3.63, 3.8) is 0 Å². The highest BCUT2D eigenvalue weighted by Gasteiger charge is 2.30. The Morgan fingerprint density at radius 3 is 2.55 bits per heavy atom. The molecule has 1 N–H and O–H groups in total. The lowest BCUT2D eigenvalue weighted by Crippen LogP contribution is -2.07. The quantitative estimate of drug-likeness (QED) is 0.875. The Morgan fingerprint density at radius 1 is 1.30 bits per heavy atom. The first-order valence-electron chi connectivity index (χ1n) is 5.95. The second kappa shape index (κ2) is 5.36. The second-order valence-electron chi connectivity index (χ2n) is 4.57. The Bertz CT molecular complexity index is 605. The van der Waals surface area contributed by atoms with Gasteiger partial charge in [0.1, 0.15) is 0 Å². The van der Waals surface area contributed by atoms with Crippen LogP contribution in [0.1, 0.15) is 25.5 Å². The van der Waals surface area contributed by atoms with Gasteiger partial charge in [-0.25, -0.2) is 4.98 Å². The van der Waals surface area contributed by atoms with Gasteiger partial charge < -0.3 is 9.88 Å². The van der Waals surface area contributed by atoms with Crippen molar-refractivity contribution in [3.8, 4) is 0 Å². The number of benzene rings is 1. The fraction of sp³-hybridized carbons (Fsp3) is 0.308. The van der Waals surface area contributed by atoms with Crippen LogP contribution in [-0.4, -0.2) is 9.55 Å². The van der Waals surface area contributed by atoms with E-state index in [1.165, 1.54) is 6.07 Å². The fourth-order valence-electron chi connectivity index (χ4n) is 1.74. The van der Waals surface area contributed by atoms with E-state index in [9.17, 15) is 13.2 Å². The first-order valence-corrected chi connectivity index (χ1v) is 6.33. The molecule has 0 radical (unpaired) electrons. The molecular weight excluding hydrogens is 291 g/mol. The lowest BCUT2D eigenvalue weighted by atomic mass is 10.2. The summed E-state index contributed by atoms with van der Waals surface area (Å²) in [4.78, 5) is 4.12. The van der Waals surface area contributed by atoms with Gasteiger partial charge in [-0.2, -0.15) is 13.2 Å². The average molecular weight is 304 g/mol. The Kier molecular flexibility index (Phi) is 3.94. The third kappa shape index (κ3) is 3.07. The average Bonchev–Trinajstić information content (AvgIpc) is 2.78. The van der Waals surface area contributed by atoms with Crippen LogP contribution in [0.4, 0.5) is 24.8 Å². The molecule has 1 heterocycles. The summed E-state index contributed by atoms with van der Waals surface area (Å²) in [5.41, 5.74) is -0.395. The van der Waals surface area contributed by atoms with Gasteiger partial charge in [-0.3, -0.25) is 0 Å². The SMILES string of the molecule is CC(C)n1ccnc1Nc1ccc(C(F)(F)F)cc1Cl. The molecule has 20 heavy (non-hydrogen) atoms. The van der Waals surface area contributed by atoms with E-state index in [-0.39, 0.29) is 11.1 Å². The van der Waals surface area contributed by atoms with Crippen LogP contribution in [0, 0.1) is 0 Å². The van der Waals surface area contributed by atoms with E-state index in [0.29, 0.717) is 11.6 Å². The summed E-state index contributed by atoms with van der Waals surface area (Å²) in [5.74, 6) is 0.529. The van der Waals surface area contributed by atoms with E-state index >= 15 is 0 Å². The number of hydrogen-bond donors (Lipinski definition) is 1. The van der Waals surface area contributed by atoms with Gasteiger partial charge in [0.05, 0.1) is 16.3 Å². The molecule has 108 valence electrons. The smallest absolute Gasteiger partial charge is 0.324 e. The van der Waals surface area contributed by atoms with Crippen molar-refractivity contribution in [2.75, 3.05) is 5.32 Å². The van der Waals surface area contributed by atoms with Crippen LogP contribution < -0.4 is 5.32 Å². The first-order chi connectivity index (χ1) is 9.29. The van der Waals surface area contributed by atoms with Crippen LogP contribution in [-0.2, 0) is 6.18 Å². The number of hydrogen-bond acceptors (Lipinski definition) is 2. The Hall–Kier alpha value is -1.69. The molecule has 2 rings (SSSR count). The lowest BCUT2D eigenvalue weighted by Gasteiger charge is -2.14. The number of rotatable bonds is 3. The van der Waals surface area contributed by atoms with E-state index < -0.39 is 11.7 Å². The Balaban J connectivity index is 2.29. The maximum absolute atomic E-state index is 12.6. The molecule has 2 aromatic rings. The van der Waals surface area contributed by atoms with Gasteiger partial charge in [0.15, 0.2) is 0 Å². The number of nitrogens with one attached hydrogen (secondary N) is 1. The van der Waals surface area contributed by atoms with Gasteiger partial charge in [0.25, 0.3) is 0 Å². The number of anilines is 2. The van der Waals surface area contributed by atoms with E-state index in [2.05, 4.69) is 10.3 Å². The summed E-state index contributed by atoms with van der Waals surface area (Å²) in [6.45, 7) is 3.95. The maximum Gasteiger partial charge on any atom is 0.416 e. The lowest BCUT2D eigenvalue weighted by molar-refractivity contribution is -0.137. The van der Waals surface area contributed by atoms with Crippen molar-refractivity contribution in [2.45, 2.75) is 26.1 Å². The van der Waals surface area contributed by atoms with E-state index in [1.807, 2.05) is 18.4 Å². The van der Waals surface area contributed by atoms with Crippen LogP contribution in [0.25, 0.3) is 0 Å². The van der Waals surface area contributed by atoms with Crippen molar-refractivity contribution in [1.82, 2.24) is 9.55 Å². The van der Waals surface area contributed by atoms with Gasteiger partial charge in [-0.15, -0.1) is 0 Å². The van der Waals surface area contributed by atoms with Gasteiger partial charge in [-0.1, -0.05) is 11.6 Å². The van der Waals surface area contributed by atoms with E-state index in [1.54, 1.807) is 12.4 Å². The fourth-order valence-corrected chi connectivity index (χ4v) is 1.97. The molecule has 0 spiro atoms. The summed E-state index contributed by atoms with van der Waals surface area (Å²) in [7, 11) is 0. The summed E-state index contributed by atoms with van der Waals surface area (Å²) >= 11 is 5.88. The highest BCUT2D eigenvalue weighted by molar-refractivity contribution is 6.33. The van der Waals surface area contributed by atoms with Gasteiger partial charge in [0, 0.05) is 18.4 Å². The molecule has 0 aliphatic heterocycles. The maximum atomic E-state index is 12.6. The van der Waals surface area contributed by atoms with Crippen molar-refractivity contribution in [2.24, 2.45) is 0 Å². The Labute approximate surface area is 119 Å². The minimum atomic E-state index is -4.40. The molecule has 0 saturated heterocycles. The zero-order valence-corrected chi connectivity index (χ0v) is 11.6. The summed E-state index contributed by atoms with van der Waals surface area (Å²) in [6.07, 6.45) is -1.01. The van der Waals surface area contributed by atoms with Crippen LogP contribution >= 0.6 is 11.6 Å². The van der Waals surface area contributed by atoms with Gasteiger partial charge >= 0.3 is 6.18 Å². The van der Waals surface area contributed by atoms with Crippen molar-refractivity contribution >= 4 is 23.2 Å². The van der Waals surface area contributed by atoms with E-state index in [4.69, 9.17) is 11.6 Å². The standard InChI is InChI=1S/C13H13ClF3N3/c1-8(2)20-6-5-18-12(20)19-11-4-3-9(7-10(11)14)13(15,16)17/h3-8H,1-2H3,(H,18,19). The molecule has 0 bridgehead atoms. The minimum Gasteiger partial charge on any atom is -0.324 e. The molecule has 0 aliphatic carbocycles. The van der Waals surface area contributed by atoms with E-state index in [0.717, 1.165) is 12.1 Å². The molecule has 0 atom stereocenters. The molecule has 7 heteroatoms. The third-order valence-corrected chi connectivity index (χ3v) is 3.08. The number of aromatic nitrogens is 2. The molecule has 0 unspecified atom stereocenters. The second-order valence-corrected chi connectivity index (χ2v) is 4.98. The van der Waals surface area contributed by atoms with Crippen molar-refractivity contribution in [1.29, 1.82) is 0 Å². The van der Waals surface area contributed by atoms with Crippen LogP contribution in [0.15, 0.2) is 30.6 Å². The zero-order valence-electron chi connectivity index (χ0n) is 10.9. The van der Waals surface area contributed by atoms with Crippen molar-refractivity contribution in [3.05, 3.63) is 41.2 Å². The first kappa shape index (κ1) is 14.7. The van der Waals surface area contributed by atoms with Gasteiger partial charge in [-0.05, 0) is 32.0 Å².